The lowest BCUT2D eigenvalue weighted by atomic mass is 9.86. The minimum absolute atomic E-state index is 0.0108. The molecule has 28 heavy (non-hydrogen) atoms. The molecule has 0 radical (unpaired) electrons. The van der Waals surface area contributed by atoms with Crippen molar-refractivity contribution in [2.75, 3.05) is 37.7 Å². The maximum absolute atomic E-state index is 13.0. The van der Waals surface area contributed by atoms with Crippen LogP contribution in [0.25, 0.3) is 0 Å². The zero-order valence-corrected chi connectivity index (χ0v) is 17.2. The maximum Gasteiger partial charge on any atom is 0.265 e. The number of thiocarbonyl (C=S) groups is 1. The Morgan fingerprint density at radius 3 is 2.71 bits per heavy atom. The molecular formula is C21H29N3O3S. The summed E-state index contributed by atoms with van der Waals surface area (Å²) in [4.78, 5) is 16.9. The third-order valence-corrected chi connectivity index (χ3v) is 6.38. The summed E-state index contributed by atoms with van der Waals surface area (Å²) >= 11 is 5.79. The van der Waals surface area contributed by atoms with Gasteiger partial charge in [0, 0.05) is 19.1 Å². The zero-order chi connectivity index (χ0) is 19.5. The van der Waals surface area contributed by atoms with E-state index in [1.807, 2.05) is 34.1 Å². The highest BCUT2D eigenvalue weighted by molar-refractivity contribution is 7.80. The lowest BCUT2D eigenvalue weighted by Crippen LogP contribution is -2.56. The number of benzene rings is 1. The lowest BCUT2D eigenvalue weighted by molar-refractivity contribution is -0.142. The van der Waals surface area contributed by atoms with E-state index < -0.39 is 6.10 Å². The number of ether oxygens (including phenoxy) is 2. The van der Waals surface area contributed by atoms with E-state index in [1.54, 1.807) is 0 Å². The molecule has 2 heterocycles. The van der Waals surface area contributed by atoms with E-state index in [1.165, 1.54) is 19.3 Å². The van der Waals surface area contributed by atoms with Gasteiger partial charge in [-0.05, 0) is 43.1 Å². The van der Waals surface area contributed by atoms with E-state index >= 15 is 0 Å². The number of nitrogens with one attached hydrogen (secondary N) is 1. The van der Waals surface area contributed by atoms with Crippen LogP contribution in [0.15, 0.2) is 24.3 Å². The normalized spacial score (nSPS) is 27.5. The summed E-state index contributed by atoms with van der Waals surface area (Å²) in [5.41, 5.74) is 0.925. The first-order valence-electron chi connectivity index (χ1n) is 10.3. The lowest BCUT2D eigenvalue weighted by Gasteiger charge is -2.40. The topological polar surface area (TPSA) is 54.0 Å². The van der Waals surface area contributed by atoms with Crippen molar-refractivity contribution < 1.29 is 14.3 Å². The molecule has 1 saturated carbocycles. The van der Waals surface area contributed by atoms with Crippen molar-refractivity contribution in [1.82, 2.24) is 10.2 Å². The van der Waals surface area contributed by atoms with Gasteiger partial charge in [0.2, 0.25) is 0 Å². The van der Waals surface area contributed by atoms with Crippen molar-refractivity contribution in [2.24, 2.45) is 5.92 Å². The third-order valence-electron chi connectivity index (χ3n) is 6.04. The predicted octanol–water partition coefficient (Wildman–Crippen LogP) is 2.57. The molecule has 6 nitrogen and oxygen atoms in total. The minimum Gasteiger partial charge on any atom is -0.476 e. The fraction of sp³-hybridized carbons (Fsp3) is 0.619. The quantitative estimate of drug-likeness (QED) is 0.766. The highest BCUT2D eigenvalue weighted by Gasteiger charge is 2.36. The van der Waals surface area contributed by atoms with Crippen LogP contribution < -0.4 is 15.0 Å². The van der Waals surface area contributed by atoms with Gasteiger partial charge in [0.05, 0.1) is 25.4 Å². The van der Waals surface area contributed by atoms with E-state index in [0.717, 1.165) is 12.1 Å². The first kappa shape index (κ1) is 19.5. The van der Waals surface area contributed by atoms with Crippen molar-refractivity contribution in [3.8, 4) is 5.75 Å². The van der Waals surface area contributed by atoms with Gasteiger partial charge >= 0.3 is 0 Å². The summed E-state index contributed by atoms with van der Waals surface area (Å²) in [5.74, 6) is 1.33. The Morgan fingerprint density at radius 1 is 1.18 bits per heavy atom. The Labute approximate surface area is 172 Å². The van der Waals surface area contributed by atoms with Crippen LogP contribution in [0.3, 0.4) is 0 Å². The maximum atomic E-state index is 13.0. The molecule has 0 spiro atoms. The van der Waals surface area contributed by atoms with Crippen LogP contribution in [-0.2, 0) is 9.53 Å². The van der Waals surface area contributed by atoms with E-state index in [0.29, 0.717) is 55.7 Å². The molecule has 2 aliphatic heterocycles. The first-order valence-corrected chi connectivity index (χ1v) is 10.7. The number of morpholine rings is 1. The number of nitrogens with zero attached hydrogens (tertiary/aromatic N) is 2. The van der Waals surface area contributed by atoms with Crippen LogP contribution >= 0.6 is 12.2 Å². The SMILES string of the molecule is C[C@H]1CCCC[C@@H]1NC(=S)N1C[C@H](C(=O)N2CCOCC2)Oc2ccccc21. The largest absolute Gasteiger partial charge is 0.476 e. The second-order valence-corrected chi connectivity index (χ2v) is 8.33. The van der Waals surface area contributed by atoms with Crippen LogP contribution in [0.2, 0.25) is 0 Å². The number of carbonyl (C=O) groups excluding carboxylic acids is 1. The van der Waals surface area contributed by atoms with E-state index in [-0.39, 0.29) is 5.91 Å². The molecule has 0 aromatic heterocycles. The monoisotopic (exact) mass is 403 g/mol. The molecule has 3 atom stereocenters. The van der Waals surface area contributed by atoms with Crippen LogP contribution in [-0.4, -0.2) is 60.9 Å². The van der Waals surface area contributed by atoms with Crippen LogP contribution in [0.5, 0.6) is 5.75 Å². The van der Waals surface area contributed by atoms with Gasteiger partial charge in [0.1, 0.15) is 5.75 Å². The number of para-hydroxylation sites is 2. The third kappa shape index (κ3) is 4.10. The minimum atomic E-state index is -0.559. The van der Waals surface area contributed by atoms with E-state index in [4.69, 9.17) is 21.7 Å². The van der Waals surface area contributed by atoms with Gasteiger partial charge in [-0.25, -0.2) is 0 Å². The molecule has 1 N–H and O–H groups in total. The van der Waals surface area contributed by atoms with Crippen LogP contribution in [0.1, 0.15) is 32.6 Å². The molecule has 0 bridgehead atoms. The zero-order valence-electron chi connectivity index (χ0n) is 16.4. The van der Waals surface area contributed by atoms with Gasteiger partial charge in [-0.3, -0.25) is 4.79 Å². The number of rotatable bonds is 2. The van der Waals surface area contributed by atoms with Gasteiger partial charge in [-0.15, -0.1) is 0 Å². The molecule has 4 rings (SSSR count). The standard InChI is InChI=1S/C21H29N3O3S/c1-15-6-2-3-7-16(15)22-21(28)24-14-19(20(25)23-10-12-26-13-11-23)27-18-9-5-4-8-17(18)24/h4-5,8-9,15-16,19H,2-3,6-7,10-14H2,1H3,(H,22,28)/t15-,16-,19+/m0/s1. The molecule has 1 amide bonds. The molecule has 1 aromatic rings. The first-order chi connectivity index (χ1) is 13.6. The smallest absolute Gasteiger partial charge is 0.265 e. The molecular weight excluding hydrogens is 374 g/mol. The number of carbonyl (C=O) groups is 1. The number of fused-ring (bicyclic) bond motifs is 1. The van der Waals surface area contributed by atoms with Crippen molar-refractivity contribution in [3.05, 3.63) is 24.3 Å². The molecule has 0 unspecified atom stereocenters. The number of amides is 1. The second-order valence-electron chi connectivity index (χ2n) is 7.94. The van der Waals surface area contributed by atoms with Crippen molar-refractivity contribution in [1.29, 1.82) is 0 Å². The van der Waals surface area contributed by atoms with Gasteiger partial charge in [-0.1, -0.05) is 31.9 Å². The highest BCUT2D eigenvalue weighted by Crippen LogP contribution is 2.34. The predicted molar refractivity (Wildman–Crippen MR) is 113 cm³/mol. The summed E-state index contributed by atoms with van der Waals surface area (Å²) in [6, 6.07) is 8.21. The Morgan fingerprint density at radius 2 is 1.93 bits per heavy atom. The van der Waals surface area contributed by atoms with Crippen LogP contribution in [0, 0.1) is 5.92 Å². The fourth-order valence-corrected chi connectivity index (χ4v) is 4.63. The average molecular weight is 404 g/mol. The van der Waals surface area contributed by atoms with Gasteiger partial charge < -0.3 is 24.6 Å². The van der Waals surface area contributed by atoms with Crippen LogP contribution in [0.4, 0.5) is 5.69 Å². The number of anilines is 1. The summed E-state index contributed by atoms with van der Waals surface area (Å²) in [5, 5.41) is 4.26. The Kier molecular flexibility index (Phi) is 6.01. The second kappa shape index (κ2) is 8.66. The van der Waals surface area contributed by atoms with Gasteiger partial charge in [0.15, 0.2) is 11.2 Å². The summed E-state index contributed by atoms with van der Waals surface area (Å²) in [7, 11) is 0. The summed E-state index contributed by atoms with van der Waals surface area (Å²) < 4.78 is 11.4. The van der Waals surface area contributed by atoms with E-state index in [2.05, 4.69) is 12.2 Å². The number of hydrogen-bond acceptors (Lipinski definition) is 4. The summed E-state index contributed by atoms with van der Waals surface area (Å²) in [6.07, 6.45) is 4.35. The van der Waals surface area contributed by atoms with Gasteiger partial charge in [0.25, 0.3) is 5.91 Å². The Hall–Kier alpha value is -1.86. The average Bonchev–Trinajstić information content (AvgIpc) is 2.74. The Balaban J connectivity index is 1.51. The highest BCUT2D eigenvalue weighted by atomic mass is 32.1. The molecule has 7 heteroatoms. The summed E-state index contributed by atoms with van der Waals surface area (Å²) in [6.45, 7) is 5.11. The molecule has 1 aromatic carbocycles. The fourth-order valence-electron chi connectivity index (χ4n) is 4.31. The van der Waals surface area contributed by atoms with Gasteiger partial charge in [-0.2, -0.15) is 0 Å². The Bertz CT molecular complexity index is 723. The molecule has 2 fully saturated rings. The number of hydrogen-bond donors (Lipinski definition) is 1. The van der Waals surface area contributed by atoms with Crippen molar-refractivity contribution in [2.45, 2.75) is 44.8 Å². The van der Waals surface area contributed by atoms with E-state index in [9.17, 15) is 4.79 Å². The molecule has 152 valence electrons. The van der Waals surface area contributed by atoms with Crippen molar-refractivity contribution >= 4 is 28.9 Å². The molecule has 3 aliphatic rings. The molecule has 1 aliphatic carbocycles. The van der Waals surface area contributed by atoms with Crippen molar-refractivity contribution in [3.63, 3.8) is 0 Å². The molecule has 1 saturated heterocycles.